The molecule has 7 aromatic rings. The van der Waals surface area contributed by atoms with Crippen LogP contribution in [0.3, 0.4) is 0 Å². The van der Waals surface area contributed by atoms with Crippen LogP contribution < -0.4 is 23.7 Å². The van der Waals surface area contributed by atoms with Crippen LogP contribution in [0, 0.1) is 0 Å². The fourth-order valence-electron chi connectivity index (χ4n) is 6.13. The van der Waals surface area contributed by atoms with E-state index in [0.29, 0.717) is 42.0 Å². The first kappa shape index (κ1) is 38.0. The van der Waals surface area contributed by atoms with Crippen LogP contribution in [0.2, 0.25) is 0 Å². The number of hydrogen-bond acceptors (Lipinski definition) is 10. The van der Waals surface area contributed by atoms with Gasteiger partial charge in [-0.2, -0.15) is 8.75 Å². The molecule has 278 valence electrons. The van der Waals surface area contributed by atoms with Crippen molar-refractivity contribution >= 4 is 51.2 Å². The maximum atomic E-state index is 13.8. The van der Waals surface area contributed by atoms with Crippen molar-refractivity contribution in [1.29, 1.82) is 0 Å². The monoisotopic (exact) mass is 765 g/mol. The number of rotatable bonds is 13. The van der Waals surface area contributed by atoms with Crippen LogP contribution in [0.15, 0.2) is 103 Å². The second-order valence-corrected chi connectivity index (χ2v) is 12.7. The summed E-state index contributed by atoms with van der Waals surface area (Å²) in [6, 6.07) is 32.9. The quantitative estimate of drug-likeness (QED) is 0.0839. The van der Waals surface area contributed by atoms with Crippen LogP contribution >= 0.6 is 23.3 Å². The predicted octanol–water partition coefficient (Wildman–Crippen LogP) is 9.58. The van der Waals surface area contributed by atoms with Crippen molar-refractivity contribution in [2.75, 3.05) is 35.0 Å². The zero-order valence-electron chi connectivity index (χ0n) is 30.6. The van der Waals surface area contributed by atoms with Gasteiger partial charge in [-0.1, -0.05) is 36.4 Å². The van der Waals surface area contributed by atoms with Gasteiger partial charge in [-0.15, -0.1) is 11.6 Å². The molecule has 0 atom stereocenters. The summed E-state index contributed by atoms with van der Waals surface area (Å²) in [5.41, 5.74) is 7.28. The van der Waals surface area contributed by atoms with Crippen molar-refractivity contribution in [3.8, 4) is 39.9 Å². The third-order valence-corrected chi connectivity index (χ3v) is 9.59. The Kier molecular flexibility index (Phi) is 12.5. The highest BCUT2D eigenvalue weighted by Crippen LogP contribution is 2.40. The molecular weight excluding hydrogens is 726 g/mol. The normalized spacial score (nSPS) is 10.8. The lowest BCUT2D eigenvalue weighted by atomic mass is 10.0. The van der Waals surface area contributed by atoms with Gasteiger partial charge >= 0.3 is 5.97 Å². The fourth-order valence-corrected chi connectivity index (χ4v) is 6.85. The van der Waals surface area contributed by atoms with E-state index in [9.17, 15) is 4.79 Å². The number of esters is 1. The number of carbonyl (C=O) groups is 1. The SMILES string of the molecule is CCOC(=O)c1c(-c2ccc3nsnc3c2)c2ccc(OCc3ccccc3)cc2n1Cc1cc(OC)ccc1OC.COc1ccc(OC)c(CCl)c1. The number of carbonyl (C=O) groups excluding carboxylic acids is 1. The summed E-state index contributed by atoms with van der Waals surface area (Å²) in [7, 11) is 6.50. The largest absolute Gasteiger partial charge is 0.497 e. The number of aromatic nitrogens is 3. The number of alkyl halides is 1. The molecule has 0 bridgehead atoms. The molecule has 0 amide bonds. The van der Waals surface area contributed by atoms with Crippen molar-refractivity contribution in [3.63, 3.8) is 0 Å². The molecule has 0 fully saturated rings. The molecule has 0 spiro atoms. The first-order chi connectivity index (χ1) is 26.4. The summed E-state index contributed by atoms with van der Waals surface area (Å²) in [5, 5.41) is 0.884. The number of methoxy groups -OCH3 is 4. The average Bonchev–Trinajstić information content (AvgIpc) is 3.82. The number of hydrogen-bond donors (Lipinski definition) is 0. The van der Waals surface area contributed by atoms with Gasteiger partial charge in [0.2, 0.25) is 0 Å². The van der Waals surface area contributed by atoms with E-state index >= 15 is 0 Å². The molecule has 2 heterocycles. The Morgan fingerprint density at radius 2 is 1.39 bits per heavy atom. The first-order valence-corrected chi connectivity index (χ1v) is 18.4. The maximum absolute atomic E-state index is 13.8. The number of halogens is 1. The minimum Gasteiger partial charge on any atom is -0.497 e. The third-order valence-electron chi connectivity index (χ3n) is 8.74. The zero-order chi connectivity index (χ0) is 38.0. The second kappa shape index (κ2) is 17.8. The standard InChI is InChI=1S/C33H29N3O5S.C9H11ClO2/c1-4-40-33(37)32-31(22-10-14-27-28(17-22)35-42-34-27)26-13-11-25(41-20-21-8-6-5-7-9-21)18-29(26)36(32)19-23-16-24(38-2)12-15-30(23)39-3;1-11-8-3-4-9(12-2)7(5-8)6-10/h5-18H,4,19-20H2,1-3H3;3-5H,6H2,1-2H3. The van der Waals surface area contributed by atoms with Gasteiger partial charge in [0.05, 0.1) is 64.7 Å². The Hall–Kier alpha value is -5.78. The van der Waals surface area contributed by atoms with Crippen molar-refractivity contribution in [3.05, 3.63) is 126 Å². The van der Waals surface area contributed by atoms with Gasteiger partial charge in [-0.05, 0) is 78.7 Å². The zero-order valence-corrected chi connectivity index (χ0v) is 32.2. The summed E-state index contributed by atoms with van der Waals surface area (Å²) in [4.78, 5) is 13.8. The minimum atomic E-state index is -0.422. The third kappa shape index (κ3) is 8.38. The smallest absolute Gasteiger partial charge is 0.355 e. The Labute approximate surface area is 323 Å². The fraction of sp³-hybridized carbons (Fsp3) is 0.214. The number of ether oxygens (including phenoxy) is 6. The van der Waals surface area contributed by atoms with Gasteiger partial charge < -0.3 is 33.0 Å². The summed E-state index contributed by atoms with van der Waals surface area (Å²) < 4.78 is 43.9. The van der Waals surface area contributed by atoms with Crippen LogP contribution in [0.5, 0.6) is 28.7 Å². The number of benzene rings is 5. The van der Waals surface area contributed by atoms with Gasteiger partial charge in [0.1, 0.15) is 52.1 Å². The highest BCUT2D eigenvalue weighted by molar-refractivity contribution is 7.00. The number of fused-ring (bicyclic) bond motifs is 2. The molecule has 5 aromatic carbocycles. The topological polar surface area (TPSA) is 103 Å². The minimum absolute atomic E-state index is 0.239. The molecule has 12 heteroatoms. The summed E-state index contributed by atoms with van der Waals surface area (Å²) in [6.45, 7) is 2.79. The lowest BCUT2D eigenvalue weighted by Crippen LogP contribution is -2.14. The van der Waals surface area contributed by atoms with Crippen molar-refractivity contribution in [1.82, 2.24) is 13.3 Å². The molecule has 0 unspecified atom stereocenters. The van der Waals surface area contributed by atoms with Crippen LogP contribution in [0.25, 0.3) is 33.1 Å². The lowest BCUT2D eigenvalue weighted by molar-refractivity contribution is 0.0516. The first-order valence-electron chi connectivity index (χ1n) is 17.1. The molecule has 0 N–H and O–H groups in total. The van der Waals surface area contributed by atoms with E-state index in [0.717, 1.165) is 73.0 Å². The molecule has 7 rings (SSSR count). The second-order valence-electron chi connectivity index (χ2n) is 11.9. The van der Waals surface area contributed by atoms with E-state index < -0.39 is 5.97 Å². The highest BCUT2D eigenvalue weighted by atomic mass is 35.5. The van der Waals surface area contributed by atoms with E-state index in [1.54, 1.807) is 35.4 Å². The Balaban J connectivity index is 0.000000354. The summed E-state index contributed by atoms with van der Waals surface area (Å²) >= 11 is 6.86. The highest BCUT2D eigenvalue weighted by Gasteiger charge is 2.27. The predicted molar refractivity (Wildman–Crippen MR) is 213 cm³/mol. The van der Waals surface area contributed by atoms with Crippen molar-refractivity contribution < 1.29 is 33.2 Å². The molecule has 2 aromatic heterocycles. The van der Waals surface area contributed by atoms with Crippen molar-refractivity contribution in [2.24, 2.45) is 0 Å². The molecule has 0 radical (unpaired) electrons. The van der Waals surface area contributed by atoms with Gasteiger partial charge in [-0.25, -0.2) is 4.79 Å². The molecule has 10 nitrogen and oxygen atoms in total. The van der Waals surface area contributed by atoms with Crippen LogP contribution in [0.1, 0.15) is 34.1 Å². The van der Waals surface area contributed by atoms with Gasteiger partial charge in [-0.3, -0.25) is 0 Å². The summed E-state index contributed by atoms with van der Waals surface area (Å²) in [5.74, 6) is 3.66. The average molecular weight is 766 g/mol. The lowest BCUT2D eigenvalue weighted by Gasteiger charge is -2.15. The molecular formula is C42H40ClN3O7S. The van der Waals surface area contributed by atoms with E-state index in [4.69, 9.17) is 40.0 Å². The van der Waals surface area contributed by atoms with Crippen LogP contribution in [-0.4, -0.2) is 54.3 Å². The maximum Gasteiger partial charge on any atom is 0.355 e. The summed E-state index contributed by atoms with van der Waals surface area (Å²) in [6.07, 6.45) is 0. The van der Waals surface area contributed by atoms with E-state index in [1.807, 2.05) is 108 Å². The van der Waals surface area contributed by atoms with Gasteiger partial charge in [0.15, 0.2) is 0 Å². The van der Waals surface area contributed by atoms with Crippen LogP contribution in [-0.2, 0) is 23.8 Å². The van der Waals surface area contributed by atoms with Gasteiger partial charge in [0, 0.05) is 28.1 Å². The molecule has 0 saturated heterocycles. The van der Waals surface area contributed by atoms with E-state index in [-0.39, 0.29) is 6.61 Å². The Morgan fingerprint density at radius 1 is 0.722 bits per heavy atom. The van der Waals surface area contributed by atoms with Crippen LogP contribution in [0.4, 0.5) is 0 Å². The Morgan fingerprint density at radius 3 is 2.06 bits per heavy atom. The van der Waals surface area contributed by atoms with Crippen molar-refractivity contribution in [2.45, 2.75) is 26.0 Å². The number of nitrogens with zero attached hydrogens (tertiary/aromatic N) is 3. The van der Waals surface area contributed by atoms with Gasteiger partial charge in [0.25, 0.3) is 0 Å². The molecule has 0 aliphatic carbocycles. The van der Waals surface area contributed by atoms with E-state index in [2.05, 4.69) is 8.75 Å². The van der Waals surface area contributed by atoms with E-state index in [1.165, 1.54) is 0 Å². The molecule has 0 saturated carbocycles. The molecule has 54 heavy (non-hydrogen) atoms. The molecule has 0 aliphatic heterocycles. The molecule has 0 aliphatic rings. The Bertz CT molecular complexity index is 2360.